The summed E-state index contributed by atoms with van der Waals surface area (Å²) in [5.41, 5.74) is 0. The van der Waals surface area contributed by atoms with Crippen molar-refractivity contribution in [1.82, 2.24) is 0 Å². The van der Waals surface area contributed by atoms with Gasteiger partial charge in [0.1, 0.15) is 11.5 Å². The Balaban J connectivity index is 0.000000211. The van der Waals surface area contributed by atoms with E-state index in [2.05, 4.69) is 36.7 Å². The Morgan fingerprint density at radius 2 is 1.24 bits per heavy atom. The van der Waals surface area contributed by atoms with Crippen molar-refractivity contribution >= 4 is 61.5 Å². The van der Waals surface area contributed by atoms with Crippen LogP contribution >= 0.6 is 50.9 Å². The van der Waals surface area contributed by atoms with Crippen LogP contribution in [0.4, 0.5) is 0 Å². The van der Waals surface area contributed by atoms with E-state index in [1.54, 1.807) is 14.2 Å². The third kappa shape index (κ3) is 7.17. The van der Waals surface area contributed by atoms with Crippen LogP contribution in [0.2, 0.25) is 0 Å². The van der Waals surface area contributed by atoms with Crippen LogP contribution in [0, 0.1) is 0 Å². The van der Waals surface area contributed by atoms with Gasteiger partial charge in [0.15, 0.2) is 0 Å². The summed E-state index contributed by atoms with van der Waals surface area (Å²) in [5.74, 6) is 1.77. The van der Waals surface area contributed by atoms with E-state index in [1.165, 1.54) is 5.30 Å². The van der Waals surface area contributed by atoms with Crippen molar-refractivity contribution in [2.24, 2.45) is 0 Å². The van der Waals surface area contributed by atoms with Crippen molar-refractivity contribution in [2.75, 3.05) is 14.2 Å². The van der Waals surface area contributed by atoms with Crippen molar-refractivity contribution in [3.63, 3.8) is 0 Å². The molecule has 2 aromatic carbocycles. The van der Waals surface area contributed by atoms with E-state index in [0.717, 1.165) is 16.8 Å². The lowest BCUT2D eigenvalue weighted by molar-refractivity contribution is 0.415. The van der Waals surface area contributed by atoms with E-state index in [4.69, 9.17) is 9.47 Å². The van der Waals surface area contributed by atoms with Gasteiger partial charge in [-0.15, -0.1) is 36.7 Å². The molecule has 1 atom stereocenters. The smallest absolute Gasteiger partial charge is 0.118 e. The summed E-state index contributed by atoms with van der Waals surface area (Å²) in [6.45, 7) is 0. The van der Waals surface area contributed by atoms with Crippen molar-refractivity contribution in [3.05, 3.63) is 48.5 Å². The molecule has 2 nitrogen and oxygen atoms in total. The van der Waals surface area contributed by atoms with Gasteiger partial charge < -0.3 is 9.47 Å². The van der Waals surface area contributed by atoms with Crippen LogP contribution in [0.1, 0.15) is 0 Å². The largest absolute Gasteiger partial charge is 0.497 e. The van der Waals surface area contributed by atoms with Crippen LogP contribution in [-0.2, 0) is 0 Å². The topological polar surface area (TPSA) is 18.5 Å². The molecule has 0 N–H and O–H groups in total. The predicted octanol–water partition coefficient (Wildman–Crippen LogP) is 4.34. The van der Waals surface area contributed by atoms with Gasteiger partial charge in [-0.3, -0.25) is 0 Å². The molecule has 0 saturated heterocycles. The highest BCUT2D eigenvalue weighted by Crippen LogP contribution is 2.43. The van der Waals surface area contributed by atoms with E-state index in [0.29, 0.717) is 7.78 Å². The van der Waals surface area contributed by atoms with Crippen molar-refractivity contribution in [2.45, 2.75) is 0 Å². The maximum absolute atomic E-state index is 5.01. The number of ether oxygens (including phenoxy) is 2. The van der Waals surface area contributed by atoms with Gasteiger partial charge in [0.25, 0.3) is 0 Å². The van der Waals surface area contributed by atoms with Gasteiger partial charge in [0.05, 0.1) is 14.2 Å². The zero-order chi connectivity index (χ0) is 15.7. The molecule has 2 rings (SSSR count). The molecule has 0 heterocycles. The zero-order valence-corrected chi connectivity index (χ0v) is 16.3. The fourth-order valence-electron chi connectivity index (χ4n) is 1.38. The molecule has 7 heteroatoms. The Morgan fingerprint density at radius 3 is 1.57 bits per heavy atom. The lowest BCUT2D eigenvalue weighted by Crippen LogP contribution is -1.93. The van der Waals surface area contributed by atoms with Crippen molar-refractivity contribution < 1.29 is 9.47 Å². The molecule has 0 amide bonds. The second-order valence-electron chi connectivity index (χ2n) is 3.83. The van der Waals surface area contributed by atoms with Gasteiger partial charge in [-0.1, -0.05) is 12.1 Å². The molecule has 0 aliphatic heterocycles. The van der Waals surface area contributed by atoms with Gasteiger partial charge in [-0.05, 0) is 54.8 Å². The molecule has 0 aliphatic rings. The normalized spacial score (nSPS) is 10.4. The first-order chi connectivity index (χ1) is 10.1. The van der Waals surface area contributed by atoms with Gasteiger partial charge in [-0.2, -0.15) is 0 Å². The first-order valence-corrected chi connectivity index (χ1v) is 11.9. The summed E-state index contributed by atoms with van der Waals surface area (Å²) in [6.07, 6.45) is -0.580. The average molecular weight is 376 g/mol. The molecule has 0 spiro atoms. The van der Waals surface area contributed by atoms with Crippen LogP contribution in [0.5, 0.6) is 11.5 Å². The standard InChI is InChI=1S/C7H9OPS2.C7H9OPS/c1-8-6-2-4-7(5-3-6)9(10)11;1-8-6-2-4-7(9-10)5-3-6/h2-5,10-11H,1H3;2-5,9-10H,1H3. The Labute approximate surface area is 145 Å². The van der Waals surface area contributed by atoms with Gasteiger partial charge in [-0.25, -0.2) is 0 Å². The quantitative estimate of drug-likeness (QED) is 0.545. The first kappa shape index (κ1) is 19.0. The SMILES string of the molecule is COc1ccc(P(S)S)cc1.COc1ccc(PS)cc1. The summed E-state index contributed by atoms with van der Waals surface area (Å²) in [6, 6.07) is 15.7. The number of thiol groups is 3. The van der Waals surface area contributed by atoms with Crippen LogP contribution < -0.4 is 20.1 Å². The van der Waals surface area contributed by atoms with E-state index in [-0.39, 0.29) is 0 Å². The zero-order valence-electron chi connectivity index (χ0n) is 11.7. The Bertz CT molecular complexity index is 496. The second kappa shape index (κ2) is 10.6. The Kier molecular flexibility index (Phi) is 9.62. The predicted molar refractivity (Wildman–Crippen MR) is 107 cm³/mol. The molecular formula is C14H18O2P2S3. The second-order valence-corrected chi connectivity index (χ2v) is 9.74. The van der Waals surface area contributed by atoms with E-state index >= 15 is 0 Å². The van der Waals surface area contributed by atoms with Crippen LogP contribution in [0.25, 0.3) is 0 Å². The van der Waals surface area contributed by atoms with Gasteiger partial charge in [0.2, 0.25) is 0 Å². The number of rotatable bonds is 4. The molecule has 0 aliphatic carbocycles. The Hall–Kier alpha value is -0.0500. The highest BCUT2D eigenvalue weighted by molar-refractivity contribution is 8.80. The van der Waals surface area contributed by atoms with E-state index in [1.807, 2.05) is 48.5 Å². The molecule has 21 heavy (non-hydrogen) atoms. The summed E-state index contributed by atoms with van der Waals surface area (Å²) in [4.78, 5) is 0. The summed E-state index contributed by atoms with van der Waals surface area (Å²) in [7, 11) is 3.88. The molecule has 2 aromatic rings. The highest BCUT2D eigenvalue weighted by Gasteiger charge is 1.99. The third-order valence-electron chi connectivity index (χ3n) is 2.52. The Morgan fingerprint density at radius 1 is 0.810 bits per heavy atom. The fourth-order valence-corrected chi connectivity index (χ4v) is 3.36. The molecule has 0 radical (unpaired) electrons. The number of benzene rings is 2. The van der Waals surface area contributed by atoms with Crippen molar-refractivity contribution in [1.29, 1.82) is 0 Å². The summed E-state index contributed by atoms with van der Waals surface area (Å²) >= 11 is 12.6. The minimum atomic E-state index is -0.580. The number of methoxy groups -OCH3 is 2. The van der Waals surface area contributed by atoms with E-state index < -0.39 is 6.33 Å². The third-order valence-corrected chi connectivity index (χ3v) is 6.03. The van der Waals surface area contributed by atoms with Crippen LogP contribution in [0.15, 0.2) is 48.5 Å². The lowest BCUT2D eigenvalue weighted by Gasteiger charge is -2.04. The van der Waals surface area contributed by atoms with Gasteiger partial charge in [0, 0.05) is 6.33 Å². The number of hydrogen-bond donors (Lipinski definition) is 3. The average Bonchev–Trinajstić information content (AvgIpc) is 2.55. The monoisotopic (exact) mass is 376 g/mol. The molecule has 0 bridgehead atoms. The maximum Gasteiger partial charge on any atom is 0.118 e. The molecule has 0 fully saturated rings. The molecule has 114 valence electrons. The highest BCUT2D eigenvalue weighted by atomic mass is 33.1. The molecular weight excluding hydrogens is 358 g/mol. The molecule has 1 unspecified atom stereocenters. The lowest BCUT2D eigenvalue weighted by atomic mass is 10.3. The van der Waals surface area contributed by atoms with Gasteiger partial charge >= 0.3 is 0 Å². The summed E-state index contributed by atoms with van der Waals surface area (Å²) < 4.78 is 10.00. The maximum atomic E-state index is 5.01. The summed E-state index contributed by atoms with van der Waals surface area (Å²) in [5, 5.41) is 2.39. The minimum Gasteiger partial charge on any atom is -0.497 e. The molecule has 0 saturated carbocycles. The van der Waals surface area contributed by atoms with Crippen LogP contribution in [0.3, 0.4) is 0 Å². The van der Waals surface area contributed by atoms with Crippen molar-refractivity contribution in [3.8, 4) is 11.5 Å². The van der Waals surface area contributed by atoms with E-state index in [9.17, 15) is 0 Å². The fraction of sp³-hybridized carbons (Fsp3) is 0.143. The first-order valence-electron chi connectivity index (χ1n) is 5.96. The van der Waals surface area contributed by atoms with Crippen LogP contribution in [-0.4, -0.2) is 14.2 Å². The number of hydrogen-bond acceptors (Lipinski definition) is 5. The molecule has 0 aromatic heterocycles. The minimum absolute atomic E-state index is 0.567.